The van der Waals surface area contributed by atoms with E-state index in [0.29, 0.717) is 6.54 Å². The minimum atomic E-state index is -2.46. The van der Waals surface area contributed by atoms with Crippen molar-refractivity contribution < 1.29 is 13.6 Å². The first-order valence-corrected chi connectivity index (χ1v) is 4.34. The van der Waals surface area contributed by atoms with Crippen LogP contribution in [0, 0.1) is 5.92 Å². The van der Waals surface area contributed by atoms with Crippen molar-refractivity contribution >= 4 is 5.91 Å². The van der Waals surface area contributed by atoms with Crippen LogP contribution in [-0.4, -0.2) is 43.9 Å². The normalized spacial score (nSPS) is 23.8. The van der Waals surface area contributed by atoms with Crippen molar-refractivity contribution in [3.8, 4) is 0 Å². The third-order valence-electron chi connectivity index (χ3n) is 2.19. The summed E-state index contributed by atoms with van der Waals surface area (Å²) in [5, 5.41) is 2.23. The van der Waals surface area contributed by atoms with Crippen molar-refractivity contribution in [1.29, 1.82) is 0 Å². The van der Waals surface area contributed by atoms with Crippen molar-refractivity contribution in [1.82, 2.24) is 10.2 Å². The van der Waals surface area contributed by atoms with Gasteiger partial charge in [0.2, 0.25) is 5.91 Å². The summed E-state index contributed by atoms with van der Waals surface area (Å²) in [6.07, 6.45) is -1.69. The minimum absolute atomic E-state index is 0.108. The van der Waals surface area contributed by atoms with E-state index in [9.17, 15) is 13.6 Å². The van der Waals surface area contributed by atoms with Crippen LogP contribution in [0.25, 0.3) is 0 Å². The number of hydrogen-bond acceptors (Lipinski definition) is 2. The Bertz CT molecular complexity index is 187. The third-order valence-corrected chi connectivity index (χ3v) is 2.19. The van der Waals surface area contributed by atoms with Gasteiger partial charge < -0.3 is 10.2 Å². The number of hydrogen-bond donors (Lipinski definition) is 1. The van der Waals surface area contributed by atoms with Crippen LogP contribution in [0.1, 0.15) is 6.42 Å². The molecule has 1 unspecified atom stereocenters. The predicted molar refractivity (Wildman–Crippen MR) is 44.6 cm³/mol. The van der Waals surface area contributed by atoms with Gasteiger partial charge in [-0.05, 0) is 20.0 Å². The van der Waals surface area contributed by atoms with Gasteiger partial charge in [0.25, 0.3) is 6.43 Å². The highest BCUT2D eigenvalue weighted by Crippen LogP contribution is 2.13. The summed E-state index contributed by atoms with van der Waals surface area (Å²) in [5.74, 6) is -0.353. The van der Waals surface area contributed by atoms with E-state index in [-0.39, 0.29) is 11.8 Å². The van der Waals surface area contributed by atoms with Crippen LogP contribution >= 0.6 is 0 Å². The van der Waals surface area contributed by atoms with E-state index in [1.54, 1.807) is 0 Å². The lowest BCUT2D eigenvalue weighted by Gasteiger charge is -2.10. The molecule has 1 saturated heterocycles. The lowest BCUT2D eigenvalue weighted by atomic mass is 10.1. The Kier molecular flexibility index (Phi) is 3.59. The number of nitrogens with one attached hydrogen (secondary N) is 1. The van der Waals surface area contributed by atoms with Crippen molar-refractivity contribution in [2.24, 2.45) is 5.92 Å². The molecule has 1 aliphatic rings. The van der Waals surface area contributed by atoms with Crippen LogP contribution in [0.15, 0.2) is 0 Å². The van der Waals surface area contributed by atoms with Gasteiger partial charge in [0.15, 0.2) is 0 Å². The molecule has 1 N–H and O–H groups in total. The van der Waals surface area contributed by atoms with E-state index in [0.717, 1.165) is 13.0 Å². The smallest absolute Gasteiger partial charge is 0.255 e. The molecule has 1 fully saturated rings. The molecule has 0 aromatic rings. The maximum atomic E-state index is 11.7. The Morgan fingerprint density at radius 2 is 2.38 bits per heavy atom. The molecule has 0 aliphatic carbocycles. The molecule has 1 heterocycles. The molecular formula is C8H14F2N2O. The van der Waals surface area contributed by atoms with E-state index in [1.807, 2.05) is 11.9 Å². The SMILES string of the molecule is CN1CCC(C(=O)NCC(F)F)C1. The number of likely N-dealkylation sites (tertiary alicyclic amines) is 1. The number of nitrogens with zero attached hydrogens (tertiary/aromatic N) is 1. The molecule has 0 aromatic carbocycles. The zero-order valence-electron chi connectivity index (χ0n) is 7.59. The van der Waals surface area contributed by atoms with Gasteiger partial charge in [0, 0.05) is 6.54 Å². The topological polar surface area (TPSA) is 32.3 Å². The van der Waals surface area contributed by atoms with Crippen molar-refractivity contribution in [3.63, 3.8) is 0 Å². The van der Waals surface area contributed by atoms with Crippen molar-refractivity contribution in [2.75, 3.05) is 26.7 Å². The average Bonchev–Trinajstić information content (AvgIpc) is 2.47. The average molecular weight is 192 g/mol. The molecular weight excluding hydrogens is 178 g/mol. The summed E-state index contributed by atoms with van der Waals surface area (Å²) in [7, 11) is 1.92. The van der Waals surface area contributed by atoms with E-state index in [2.05, 4.69) is 5.32 Å². The fourth-order valence-corrected chi connectivity index (χ4v) is 1.47. The lowest BCUT2D eigenvalue weighted by Crippen LogP contribution is -2.35. The molecule has 0 radical (unpaired) electrons. The highest BCUT2D eigenvalue weighted by atomic mass is 19.3. The molecule has 1 rings (SSSR count). The molecule has 3 nitrogen and oxygen atoms in total. The van der Waals surface area contributed by atoms with Gasteiger partial charge in [-0.3, -0.25) is 4.79 Å². The van der Waals surface area contributed by atoms with Gasteiger partial charge in [-0.1, -0.05) is 0 Å². The maximum Gasteiger partial charge on any atom is 0.255 e. The van der Waals surface area contributed by atoms with Crippen LogP contribution in [0.5, 0.6) is 0 Å². The van der Waals surface area contributed by atoms with E-state index < -0.39 is 13.0 Å². The summed E-state index contributed by atoms with van der Waals surface area (Å²) < 4.78 is 23.5. The molecule has 1 atom stereocenters. The van der Waals surface area contributed by atoms with Gasteiger partial charge in [0.1, 0.15) is 0 Å². The number of amides is 1. The third kappa shape index (κ3) is 3.26. The molecule has 13 heavy (non-hydrogen) atoms. The van der Waals surface area contributed by atoms with E-state index in [4.69, 9.17) is 0 Å². The number of alkyl halides is 2. The minimum Gasteiger partial charge on any atom is -0.350 e. The van der Waals surface area contributed by atoms with Crippen LogP contribution in [0.2, 0.25) is 0 Å². The quantitative estimate of drug-likeness (QED) is 0.698. The second-order valence-electron chi connectivity index (χ2n) is 3.38. The zero-order valence-corrected chi connectivity index (χ0v) is 7.59. The van der Waals surface area contributed by atoms with Gasteiger partial charge in [0.05, 0.1) is 12.5 Å². The number of carbonyl (C=O) groups is 1. The van der Waals surface area contributed by atoms with Crippen molar-refractivity contribution in [3.05, 3.63) is 0 Å². The Balaban J connectivity index is 2.24. The second-order valence-corrected chi connectivity index (χ2v) is 3.38. The van der Waals surface area contributed by atoms with Gasteiger partial charge in [-0.15, -0.1) is 0 Å². The standard InChI is InChI=1S/C8H14F2N2O/c1-12-3-2-6(5-12)8(13)11-4-7(9)10/h6-7H,2-5H2,1H3,(H,11,13). The van der Waals surface area contributed by atoms with E-state index >= 15 is 0 Å². The molecule has 76 valence electrons. The van der Waals surface area contributed by atoms with E-state index in [1.165, 1.54) is 0 Å². The molecule has 1 amide bonds. The lowest BCUT2D eigenvalue weighted by molar-refractivity contribution is -0.125. The van der Waals surface area contributed by atoms with Gasteiger partial charge in [-0.2, -0.15) is 0 Å². The molecule has 0 aromatic heterocycles. The fraction of sp³-hybridized carbons (Fsp3) is 0.875. The summed E-state index contributed by atoms with van der Waals surface area (Å²) in [6, 6.07) is 0. The molecule has 0 spiro atoms. The van der Waals surface area contributed by atoms with Crippen LogP contribution in [0.4, 0.5) is 8.78 Å². The van der Waals surface area contributed by atoms with Crippen LogP contribution in [-0.2, 0) is 4.79 Å². The maximum absolute atomic E-state index is 11.7. The molecule has 5 heteroatoms. The Morgan fingerprint density at radius 1 is 1.69 bits per heavy atom. The predicted octanol–water partition coefficient (Wildman–Crippen LogP) is 0.319. The monoisotopic (exact) mass is 192 g/mol. The molecule has 0 saturated carbocycles. The fourth-order valence-electron chi connectivity index (χ4n) is 1.47. The highest BCUT2D eigenvalue weighted by Gasteiger charge is 2.26. The van der Waals surface area contributed by atoms with Gasteiger partial charge >= 0.3 is 0 Å². The number of carbonyl (C=O) groups excluding carboxylic acids is 1. The number of halogens is 2. The first-order chi connectivity index (χ1) is 6.09. The Morgan fingerprint density at radius 3 is 2.85 bits per heavy atom. The van der Waals surface area contributed by atoms with Crippen LogP contribution < -0.4 is 5.32 Å². The number of rotatable bonds is 3. The molecule has 0 bridgehead atoms. The zero-order chi connectivity index (χ0) is 9.84. The summed E-state index contributed by atoms with van der Waals surface area (Å²) in [4.78, 5) is 13.2. The molecule has 1 aliphatic heterocycles. The first kappa shape index (κ1) is 10.4. The van der Waals surface area contributed by atoms with Crippen LogP contribution in [0.3, 0.4) is 0 Å². The first-order valence-electron chi connectivity index (χ1n) is 4.34. The summed E-state index contributed by atoms with van der Waals surface area (Å²) >= 11 is 0. The summed E-state index contributed by atoms with van der Waals surface area (Å²) in [6.45, 7) is 1.01. The Labute approximate surface area is 76.1 Å². The van der Waals surface area contributed by atoms with Gasteiger partial charge in [-0.25, -0.2) is 8.78 Å². The van der Waals surface area contributed by atoms with Crippen molar-refractivity contribution in [2.45, 2.75) is 12.8 Å². The summed E-state index contributed by atoms with van der Waals surface area (Å²) in [5.41, 5.74) is 0. The largest absolute Gasteiger partial charge is 0.350 e. The highest BCUT2D eigenvalue weighted by molar-refractivity contribution is 5.79. The Hall–Kier alpha value is -0.710. The second kappa shape index (κ2) is 4.50.